The number of hydrogen-bond donors (Lipinski definition) is 0. The molecule has 2 aliphatic carbocycles. The Bertz CT molecular complexity index is 3140. The predicted octanol–water partition coefficient (Wildman–Crippen LogP) is 15.2. The third-order valence-electron chi connectivity index (χ3n) is 12.3. The quantitative estimate of drug-likeness (QED) is 0.170. The highest BCUT2D eigenvalue weighted by atomic mass is 32.1. The molecule has 10 aromatic rings. The van der Waals surface area contributed by atoms with Gasteiger partial charge in [-0.15, -0.1) is 11.3 Å². The van der Waals surface area contributed by atoms with Crippen LogP contribution >= 0.6 is 11.3 Å². The zero-order valence-corrected chi connectivity index (χ0v) is 31.9. The second kappa shape index (κ2) is 12.5. The highest BCUT2D eigenvalue weighted by Gasteiger charge is 2.52. The molecular weight excluding hydrogens is 707 g/mol. The van der Waals surface area contributed by atoms with E-state index in [1.54, 1.807) is 0 Å². The summed E-state index contributed by atoms with van der Waals surface area (Å²) in [6, 6.07) is 78.6. The van der Waals surface area contributed by atoms with Crippen molar-refractivity contribution in [1.29, 1.82) is 0 Å². The van der Waals surface area contributed by atoms with Crippen molar-refractivity contribution in [1.82, 2.24) is 0 Å². The van der Waals surface area contributed by atoms with E-state index in [2.05, 4.69) is 217 Å². The van der Waals surface area contributed by atoms with Crippen molar-refractivity contribution >= 4 is 48.6 Å². The number of para-hydroxylation sites is 1. The van der Waals surface area contributed by atoms with Gasteiger partial charge in [0, 0.05) is 37.0 Å². The molecule has 0 amide bonds. The van der Waals surface area contributed by atoms with Gasteiger partial charge in [-0.2, -0.15) is 0 Å². The maximum absolute atomic E-state index is 2.51. The number of thiophene rings is 1. The van der Waals surface area contributed by atoms with Gasteiger partial charge in [0.1, 0.15) is 0 Å². The van der Waals surface area contributed by atoms with Crippen LogP contribution in [0.4, 0.5) is 17.1 Å². The fourth-order valence-corrected chi connectivity index (χ4v) is 11.3. The van der Waals surface area contributed by atoms with E-state index in [1.807, 2.05) is 11.3 Å². The van der Waals surface area contributed by atoms with Gasteiger partial charge >= 0.3 is 0 Å². The first-order valence-electron chi connectivity index (χ1n) is 19.7. The largest absolute Gasteiger partial charge is 0.309 e. The molecule has 0 saturated heterocycles. The van der Waals surface area contributed by atoms with E-state index in [4.69, 9.17) is 0 Å². The first-order valence-corrected chi connectivity index (χ1v) is 20.5. The maximum Gasteiger partial charge on any atom is 0.0726 e. The third-order valence-corrected chi connectivity index (χ3v) is 13.5. The molecule has 0 unspecified atom stereocenters. The summed E-state index contributed by atoms with van der Waals surface area (Å²) in [5.41, 5.74) is 18.4. The SMILES string of the molecule is c1ccc(-c2ccccc2N(c2ccc(-c3cccc4c3sc3ccccc34)cc2)c2cccc3c2-c2ccccc2C32c3ccccc3-c3ccccc32)cc1. The number of rotatable bonds is 5. The summed E-state index contributed by atoms with van der Waals surface area (Å²) < 4.78 is 2.65. The first kappa shape index (κ1) is 32.3. The zero-order chi connectivity index (χ0) is 37.5. The van der Waals surface area contributed by atoms with Gasteiger partial charge in [-0.05, 0) is 86.0 Å². The molecule has 2 aliphatic rings. The maximum atomic E-state index is 2.51. The Morgan fingerprint density at radius 1 is 0.333 bits per heavy atom. The molecule has 0 atom stereocenters. The fourth-order valence-electron chi connectivity index (χ4n) is 10.0. The lowest BCUT2D eigenvalue weighted by Gasteiger charge is -2.32. The Kier molecular flexibility index (Phi) is 7.08. The number of nitrogens with zero attached hydrogens (tertiary/aromatic N) is 1. The highest BCUT2D eigenvalue weighted by molar-refractivity contribution is 7.26. The van der Waals surface area contributed by atoms with Crippen LogP contribution < -0.4 is 4.90 Å². The van der Waals surface area contributed by atoms with Crippen molar-refractivity contribution in [3.63, 3.8) is 0 Å². The lowest BCUT2D eigenvalue weighted by Crippen LogP contribution is -2.26. The molecule has 1 nitrogen and oxygen atoms in total. The Hall–Kier alpha value is -7.00. The van der Waals surface area contributed by atoms with E-state index in [0.717, 1.165) is 11.4 Å². The third kappa shape index (κ3) is 4.56. The summed E-state index contributed by atoms with van der Waals surface area (Å²) in [6.45, 7) is 0. The molecule has 12 rings (SSSR count). The van der Waals surface area contributed by atoms with Crippen molar-refractivity contribution in [3.05, 3.63) is 235 Å². The molecule has 0 fully saturated rings. The standard InChI is InChI=1S/C55H35NS/c1-2-16-36(17-3-1)39-18-7-12-29-50(39)56(38-34-32-37(33-35-38)40-23-14-24-44-43-21-8-13-31-52(43)57-54(40)44)51-30-15-28-49-53(51)45-22-6-11-27-48(45)55(49)46-25-9-4-19-41(46)42-20-5-10-26-47(42)55/h1-35H. The summed E-state index contributed by atoms with van der Waals surface area (Å²) in [7, 11) is 0. The van der Waals surface area contributed by atoms with Crippen LogP contribution in [0, 0.1) is 0 Å². The van der Waals surface area contributed by atoms with Crippen LogP contribution in [0.2, 0.25) is 0 Å². The summed E-state index contributed by atoms with van der Waals surface area (Å²) >= 11 is 1.88. The smallest absolute Gasteiger partial charge is 0.0726 e. The van der Waals surface area contributed by atoms with Crippen molar-refractivity contribution in [2.45, 2.75) is 5.41 Å². The minimum atomic E-state index is -0.424. The minimum Gasteiger partial charge on any atom is -0.309 e. The van der Waals surface area contributed by atoms with E-state index in [-0.39, 0.29) is 0 Å². The number of benzene rings is 9. The van der Waals surface area contributed by atoms with E-state index < -0.39 is 5.41 Å². The molecule has 0 bridgehead atoms. The van der Waals surface area contributed by atoms with Crippen LogP contribution in [-0.2, 0) is 5.41 Å². The van der Waals surface area contributed by atoms with Gasteiger partial charge in [0.15, 0.2) is 0 Å². The van der Waals surface area contributed by atoms with Gasteiger partial charge < -0.3 is 4.90 Å². The molecule has 0 radical (unpaired) electrons. The Morgan fingerprint density at radius 3 is 1.60 bits per heavy atom. The van der Waals surface area contributed by atoms with Crippen LogP contribution in [0.1, 0.15) is 22.3 Å². The highest BCUT2D eigenvalue weighted by Crippen LogP contribution is 2.64. The van der Waals surface area contributed by atoms with Crippen LogP contribution in [0.15, 0.2) is 212 Å². The van der Waals surface area contributed by atoms with Crippen molar-refractivity contribution < 1.29 is 0 Å². The predicted molar refractivity (Wildman–Crippen MR) is 241 cm³/mol. The van der Waals surface area contributed by atoms with Crippen molar-refractivity contribution in [3.8, 4) is 44.5 Å². The molecule has 9 aromatic carbocycles. The van der Waals surface area contributed by atoms with E-state index in [0.29, 0.717) is 0 Å². The molecule has 2 heteroatoms. The molecule has 266 valence electrons. The average molecular weight is 742 g/mol. The monoisotopic (exact) mass is 741 g/mol. The summed E-state index contributed by atoms with van der Waals surface area (Å²) in [5, 5.41) is 2.64. The van der Waals surface area contributed by atoms with E-state index >= 15 is 0 Å². The first-order chi connectivity index (χ1) is 28.3. The molecule has 57 heavy (non-hydrogen) atoms. The van der Waals surface area contributed by atoms with Gasteiger partial charge in [0.05, 0.1) is 16.8 Å². The topological polar surface area (TPSA) is 3.24 Å². The van der Waals surface area contributed by atoms with Crippen molar-refractivity contribution in [2.24, 2.45) is 0 Å². The second-order valence-corrected chi connectivity index (χ2v) is 16.2. The lowest BCUT2D eigenvalue weighted by molar-refractivity contribution is 0.794. The molecule has 0 N–H and O–H groups in total. The summed E-state index contributed by atoms with van der Waals surface area (Å²) in [4.78, 5) is 2.51. The van der Waals surface area contributed by atoms with E-state index in [1.165, 1.54) is 92.6 Å². The molecule has 0 aliphatic heterocycles. The van der Waals surface area contributed by atoms with Crippen LogP contribution in [0.5, 0.6) is 0 Å². The molecule has 0 saturated carbocycles. The Labute approximate surface area is 336 Å². The van der Waals surface area contributed by atoms with Crippen LogP contribution in [0.3, 0.4) is 0 Å². The lowest BCUT2D eigenvalue weighted by atomic mass is 9.70. The molecule has 1 aromatic heterocycles. The van der Waals surface area contributed by atoms with Gasteiger partial charge in [-0.3, -0.25) is 0 Å². The number of anilines is 3. The Morgan fingerprint density at radius 2 is 0.842 bits per heavy atom. The Balaban J connectivity index is 1.11. The number of hydrogen-bond acceptors (Lipinski definition) is 2. The molecule has 1 heterocycles. The molecule has 1 spiro atoms. The average Bonchev–Trinajstić information content (AvgIpc) is 3.92. The zero-order valence-electron chi connectivity index (χ0n) is 31.1. The van der Waals surface area contributed by atoms with E-state index in [9.17, 15) is 0 Å². The summed E-state index contributed by atoms with van der Waals surface area (Å²) in [5.74, 6) is 0. The van der Waals surface area contributed by atoms with Crippen molar-refractivity contribution in [2.75, 3.05) is 4.90 Å². The van der Waals surface area contributed by atoms with Crippen LogP contribution in [0.25, 0.3) is 64.7 Å². The van der Waals surface area contributed by atoms with Gasteiger partial charge in [0.25, 0.3) is 0 Å². The van der Waals surface area contributed by atoms with Gasteiger partial charge in [-0.1, -0.05) is 182 Å². The normalized spacial score (nSPS) is 13.1. The second-order valence-electron chi connectivity index (χ2n) is 15.1. The van der Waals surface area contributed by atoms with Gasteiger partial charge in [0.2, 0.25) is 0 Å². The summed E-state index contributed by atoms with van der Waals surface area (Å²) in [6.07, 6.45) is 0. The van der Waals surface area contributed by atoms with Crippen LogP contribution in [-0.4, -0.2) is 0 Å². The minimum absolute atomic E-state index is 0.424. The molecular formula is C55H35NS. The fraction of sp³-hybridized carbons (Fsp3) is 0.0182. The van der Waals surface area contributed by atoms with Gasteiger partial charge in [-0.25, -0.2) is 0 Å². The number of fused-ring (bicyclic) bond motifs is 13.